The molecule has 6 heteroatoms. The molecule has 3 amide bonds. The molecule has 1 N–H and O–H groups in total. The van der Waals surface area contributed by atoms with E-state index in [4.69, 9.17) is 4.74 Å². The fraction of sp³-hybridized carbons (Fsp3) is 0.348. The molecule has 1 saturated heterocycles. The zero-order chi connectivity index (χ0) is 20.3. The van der Waals surface area contributed by atoms with Gasteiger partial charge >= 0.3 is 0 Å². The molecule has 0 unspecified atom stereocenters. The van der Waals surface area contributed by atoms with Gasteiger partial charge in [-0.15, -0.1) is 0 Å². The molecule has 0 atom stereocenters. The maximum absolute atomic E-state index is 12.8. The van der Waals surface area contributed by atoms with Crippen LogP contribution in [0.4, 0.5) is 5.69 Å². The number of nitrogens with one attached hydrogen (secondary N) is 1. The molecule has 2 aromatic carbocycles. The summed E-state index contributed by atoms with van der Waals surface area (Å²) < 4.78 is 5.73. The highest BCUT2D eigenvalue weighted by Crippen LogP contribution is 2.45. The molecule has 2 aromatic rings. The summed E-state index contributed by atoms with van der Waals surface area (Å²) >= 11 is 0. The van der Waals surface area contributed by atoms with Crippen LogP contribution in [-0.2, 0) is 14.4 Å². The monoisotopic (exact) mass is 392 g/mol. The van der Waals surface area contributed by atoms with Crippen molar-refractivity contribution in [3.05, 3.63) is 54.6 Å². The molecule has 1 aliphatic heterocycles. The third kappa shape index (κ3) is 4.16. The van der Waals surface area contributed by atoms with Gasteiger partial charge in [-0.05, 0) is 49.2 Å². The molecule has 1 spiro atoms. The highest BCUT2D eigenvalue weighted by atomic mass is 16.5. The molecule has 1 aliphatic carbocycles. The van der Waals surface area contributed by atoms with Crippen LogP contribution in [0.25, 0.3) is 0 Å². The van der Waals surface area contributed by atoms with E-state index >= 15 is 0 Å². The molecular weight excluding hydrogens is 368 g/mol. The summed E-state index contributed by atoms with van der Waals surface area (Å²) in [5.74, 6) is 0.587. The van der Waals surface area contributed by atoms with E-state index in [2.05, 4.69) is 5.32 Å². The minimum atomic E-state index is -0.563. The molecule has 6 nitrogen and oxygen atoms in total. The summed E-state index contributed by atoms with van der Waals surface area (Å²) in [6.07, 6.45) is 4.78. The Morgan fingerprint density at radius 3 is 2.28 bits per heavy atom. The fourth-order valence-electron chi connectivity index (χ4n) is 4.21. The fourth-order valence-corrected chi connectivity index (χ4v) is 4.21. The van der Waals surface area contributed by atoms with Gasteiger partial charge in [-0.25, -0.2) is 0 Å². The molecule has 150 valence electrons. The maximum atomic E-state index is 12.8. The number of nitrogens with zero attached hydrogens (tertiary/aromatic N) is 1. The number of carbonyl (C=O) groups excluding carboxylic acids is 3. The molecule has 4 rings (SSSR count). The van der Waals surface area contributed by atoms with Crippen molar-refractivity contribution in [2.75, 3.05) is 11.9 Å². The lowest BCUT2D eigenvalue weighted by Gasteiger charge is -2.30. The number of amides is 3. The highest BCUT2D eigenvalue weighted by molar-refractivity contribution is 6.09. The van der Waals surface area contributed by atoms with Crippen LogP contribution in [0, 0.1) is 5.41 Å². The van der Waals surface area contributed by atoms with Crippen LogP contribution in [-0.4, -0.2) is 29.2 Å². The Balaban J connectivity index is 1.35. The second-order valence-corrected chi connectivity index (χ2v) is 7.79. The number of likely N-dealkylation sites (tertiary alicyclic amines) is 1. The molecule has 0 bridgehead atoms. The van der Waals surface area contributed by atoms with Crippen molar-refractivity contribution >= 4 is 23.4 Å². The Bertz CT molecular complexity index is 902. The van der Waals surface area contributed by atoms with Gasteiger partial charge in [-0.1, -0.05) is 37.5 Å². The number of hydrogen-bond acceptors (Lipinski definition) is 4. The molecule has 29 heavy (non-hydrogen) atoms. The van der Waals surface area contributed by atoms with Crippen molar-refractivity contribution in [2.45, 2.75) is 38.5 Å². The standard InChI is InChI=1S/C23H24N2O4/c26-20(16-25-21(27)15-23(22(25)28)13-5-2-6-14-23)24-17-9-11-19(12-10-17)29-18-7-3-1-4-8-18/h1,3-4,7-12H,2,5-6,13-16H2,(H,24,26). The molecular formula is C23H24N2O4. The average molecular weight is 392 g/mol. The van der Waals surface area contributed by atoms with E-state index in [1.807, 2.05) is 30.3 Å². The number of hydrogen-bond donors (Lipinski definition) is 1. The molecule has 2 aliphatic rings. The third-order valence-corrected chi connectivity index (χ3v) is 5.72. The van der Waals surface area contributed by atoms with Crippen LogP contribution in [0.1, 0.15) is 38.5 Å². The maximum Gasteiger partial charge on any atom is 0.244 e. The number of imide groups is 1. The Hall–Kier alpha value is -3.15. The van der Waals surface area contributed by atoms with Crippen molar-refractivity contribution in [1.82, 2.24) is 4.90 Å². The van der Waals surface area contributed by atoms with Gasteiger partial charge in [0, 0.05) is 12.1 Å². The Kier molecular flexibility index (Phi) is 5.34. The number of anilines is 1. The normalized spacial score (nSPS) is 18.1. The number of carbonyl (C=O) groups is 3. The number of para-hydroxylation sites is 1. The van der Waals surface area contributed by atoms with Crippen molar-refractivity contribution < 1.29 is 19.1 Å². The zero-order valence-corrected chi connectivity index (χ0v) is 16.2. The van der Waals surface area contributed by atoms with Crippen LogP contribution in [0.5, 0.6) is 11.5 Å². The zero-order valence-electron chi connectivity index (χ0n) is 16.2. The SMILES string of the molecule is O=C(CN1C(=O)CC2(CCCCC2)C1=O)Nc1ccc(Oc2ccccc2)cc1. The summed E-state index contributed by atoms with van der Waals surface area (Å²) in [7, 11) is 0. The van der Waals surface area contributed by atoms with Crippen molar-refractivity contribution in [1.29, 1.82) is 0 Å². The summed E-state index contributed by atoms with van der Waals surface area (Å²) in [6, 6.07) is 16.4. The predicted octanol–water partition coefficient (Wildman–Crippen LogP) is 4.13. The van der Waals surface area contributed by atoms with Crippen molar-refractivity contribution in [3.63, 3.8) is 0 Å². The van der Waals surface area contributed by atoms with E-state index in [9.17, 15) is 14.4 Å². The van der Waals surface area contributed by atoms with E-state index in [1.165, 1.54) is 0 Å². The Morgan fingerprint density at radius 1 is 0.931 bits per heavy atom. The van der Waals surface area contributed by atoms with Gasteiger partial charge < -0.3 is 10.1 Å². The third-order valence-electron chi connectivity index (χ3n) is 5.72. The molecule has 1 saturated carbocycles. The Labute approximate surface area is 169 Å². The largest absolute Gasteiger partial charge is 0.457 e. The van der Waals surface area contributed by atoms with Crippen LogP contribution < -0.4 is 10.1 Å². The van der Waals surface area contributed by atoms with E-state index in [0.29, 0.717) is 11.4 Å². The molecule has 0 radical (unpaired) electrons. The van der Waals surface area contributed by atoms with Gasteiger partial charge in [0.25, 0.3) is 0 Å². The lowest BCUT2D eigenvalue weighted by molar-refractivity contribution is -0.144. The minimum absolute atomic E-state index is 0.177. The highest BCUT2D eigenvalue weighted by Gasteiger charge is 2.51. The molecule has 2 fully saturated rings. The Morgan fingerprint density at radius 2 is 1.59 bits per heavy atom. The lowest BCUT2D eigenvalue weighted by Crippen LogP contribution is -2.41. The van der Waals surface area contributed by atoms with E-state index in [-0.39, 0.29) is 30.7 Å². The van der Waals surface area contributed by atoms with Gasteiger partial charge in [-0.3, -0.25) is 19.3 Å². The molecule has 0 aromatic heterocycles. The van der Waals surface area contributed by atoms with Gasteiger partial charge in [0.1, 0.15) is 18.0 Å². The van der Waals surface area contributed by atoms with Gasteiger partial charge in [0.15, 0.2) is 0 Å². The summed E-state index contributed by atoms with van der Waals surface area (Å²) in [6.45, 7) is -0.234. The van der Waals surface area contributed by atoms with Crippen LogP contribution in [0.2, 0.25) is 0 Å². The van der Waals surface area contributed by atoms with Crippen LogP contribution in [0.3, 0.4) is 0 Å². The first kappa shape index (κ1) is 19.2. The smallest absolute Gasteiger partial charge is 0.244 e. The number of benzene rings is 2. The number of rotatable bonds is 5. The van der Waals surface area contributed by atoms with Gasteiger partial charge in [-0.2, -0.15) is 0 Å². The van der Waals surface area contributed by atoms with Gasteiger partial charge in [0.2, 0.25) is 17.7 Å². The predicted molar refractivity (Wildman–Crippen MR) is 108 cm³/mol. The first-order chi connectivity index (χ1) is 14.1. The molecule has 1 heterocycles. The minimum Gasteiger partial charge on any atom is -0.457 e. The van der Waals surface area contributed by atoms with E-state index < -0.39 is 5.41 Å². The second-order valence-electron chi connectivity index (χ2n) is 7.79. The quantitative estimate of drug-likeness (QED) is 0.777. The first-order valence-corrected chi connectivity index (χ1v) is 10.0. The summed E-state index contributed by atoms with van der Waals surface area (Å²) in [5, 5.41) is 2.75. The van der Waals surface area contributed by atoms with E-state index in [1.54, 1.807) is 24.3 Å². The lowest BCUT2D eigenvalue weighted by atomic mass is 9.73. The van der Waals surface area contributed by atoms with Crippen molar-refractivity contribution in [2.24, 2.45) is 5.41 Å². The summed E-state index contributed by atoms with van der Waals surface area (Å²) in [5.41, 5.74) is 0.0216. The van der Waals surface area contributed by atoms with Crippen LogP contribution in [0.15, 0.2) is 54.6 Å². The van der Waals surface area contributed by atoms with Gasteiger partial charge in [0.05, 0.1) is 5.41 Å². The van der Waals surface area contributed by atoms with Crippen LogP contribution >= 0.6 is 0 Å². The topological polar surface area (TPSA) is 75.7 Å². The number of ether oxygens (including phenoxy) is 1. The first-order valence-electron chi connectivity index (χ1n) is 10.0. The van der Waals surface area contributed by atoms with E-state index in [0.717, 1.165) is 42.8 Å². The van der Waals surface area contributed by atoms with Crippen molar-refractivity contribution in [3.8, 4) is 11.5 Å². The average Bonchev–Trinajstić information content (AvgIpc) is 2.95. The summed E-state index contributed by atoms with van der Waals surface area (Å²) in [4.78, 5) is 38.7. The second kappa shape index (κ2) is 8.07.